The summed E-state index contributed by atoms with van der Waals surface area (Å²) in [4.78, 5) is 28.6. The zero-order valence-electron chi connectivity index (χ0n) is 16.9. The lowest BCUT2D eigenvalue weighted by molar-refractivity contribution is -0.117. The van der Waals surface area contributed by atoms with Crippen LogP contribution in [0.2, 0.25) is 0 Å². The summed E-state index contributed by atoms with van der Waals surface area (Å²) < 4.78 is 0. The topological polar surface area (TPSA) is 94.6 Å². The van der Waals surface area contributed by atoms with Crippen LogP contribution in [0.3, 0.4) is 0 Å². The monoisotopic (exact) mass is 403 g/mol. The zero-order chi connectivity index (χ0) is 21.3. The summed E-state index contributed by atoms with van der Waals surface area (Å²) in [5.41, 5.74) is 3.26. The van der Waals surface area contributed by atoms with Crippen molar-refractivity contribution in [2.75, 3.05) is 30.3 Å². The number of amides is 2. The summed E-state index contributed by atoms with van der Waals surface area (Å²) in [6.45, 7) is 3.09. The highest BCUT2D eigenvalue weighted by Gasteiger charge is 2.24. The van der Waals surface area contributed by atoms with Gasteiger partial charge in [0.2, 0.25) is 11.8 Å². The van der Waals surface area contributed by atoms with E-state index in [-0.39, 0.29) is 24.3 Å². The third-order valence-electron chi connectivity index (χ3n) is 4.66. The molecule has 0 radical (unpaired) electrons. The summed E-state index contributed by atoms with van der Waals surface area (Å²) in [6.07, 6.45) is 5.79. The molecule has 0 bridgehead atoms. The first-order valence-electron chi connectivity index (χ1n) is 9.86. The van der Waals surface area contributed by atoms with Crippen molar-refractivity contribution in [2.24, 2.45) is 4.99 Å². The molecule has 30 heavy (non-hydrogen) atoms. The van der Waals surface area contributed by atoms with E-state index < -0.39 is 0 Å². The van der Waals surface area contributed by atoms with Gasteiger partial charge in [0.05, 0.1) is 0 Å². The van der Waals surface area contributed by atoms with Crippen molar-refractivity contribution in [3.8, 4) is 12.3 Å². The maximum atomic E-state index is 12.3. The van der Waals surface area contributed by atoms with Gasteiger partial charge >= 0.3 is 0 Å². The summed E-state index contributed by atoms with van der Waals surface area (Å²) in [5, 5.41) is 12.1. The maximum Gasteiger partial charge on any atom is 0.246 e. The predicted octanol–water partition coefficient (Wildman–Crippen LogP) is 2.29. The average Bonchev–Trinajstić information content (AvgIpc) is 2.75. The Labute approximate surface area is 176 Å². The number of hydrogen-bond donors (Lipinski definition) is 4. The Morgan fingerprint density at radius 1 is 1.23 bits per heavy atom. The third kappa shape index (κ3) is 5.61. The van der Waals surface area contributed by atoms with Crippen LogP contribution in [0, 0.1) is 12.3 Å². The number of nitrogens with zero attached hydrogens (tertiary/aromatic N) is 1. The molecule has 1 atom stereocenters. The normalized spacial score (nSPS) is 15.4. The number of fused-ring (bicyclic) bond motifs is 1. The van der Waals surface area contributed by atoms with Crippen molar-refractivity contribution in [1.82, 2.24) is 10.6 Å². The smallest absolute Gasteiger partial charge is 0.246 e. The van der Waals surface area contributed by atoms with Gasteiger partial charge in [0.1, 0.15) is 6.54 Å². The Morgan fingerprint density at radius 3 is 2.87 bits per heavy atom. The summed E-state index contributed by atoms with van der Waals surface area (Å²) in [6, 6.07) is 14.9. The van der Waals surface area contributed by atoms with E-state index in [1.165, 1.54) is 0 Å². The van der Waals surface area contributed by atoms with Crippen LogP contribution in [0.1, 0.15) is 30.4 Å². The first-order valence-corrected chi connectivity index (χ1v) is 9.86. The summed E-state index contributed by atoms with van der Waals surface area (Å²) in [5.74, 6) is 2.84. The number of aliphatic imine (C=N–C) groups is 1. The van der Waals surface area contributed by atoms with Crippen LogP contribution < -0.4 is 21.3 Å². The molecule has 0 aliphatic carbocycles. The largest absolute Gasteiger partial charge is 0.357 e. The summed E-state index contributed by atoms with van der Waals surface area (Å²) in [7, 11) is 0. The fourth-order valence-corrected chi connectivity index (χ4v) is 3.28. The second-order valence-electron chi connectivity index (χ2n) is 6.89. The quantitative estimate of drug-likeness (QED) is 0.338. The van der Waals surface area contributed by atoms with Gasteiger partial charge in [-0.2, -0.15) is 0 Å². The molecule has 7 heteroatoms. The SMILES string of the molecule is C#Cc1cccc(NC(=O)CN=C(NCC)NCC2CC(=O)Nc3ccccc32)c1. The lowest BCUT2D eigenvalue weighted by Crippen LogP contribution is -2.41. The number of nitrogens with one attached hydrogen (secondary N) is 4. The molecule has 0 fully saturated rings. The molecule has 2 aromatic rings. The molecule has 7 nitrogen and oxygen atoms in total. The fourth-order valence-electron chi connectivity index (χ4n) is 3.28. The minimum absolute atomic E-state index is 0.00369. The maximum absolute atomic E-state index is 12.3. The highest BCUT2D eigenvalue weighted by atomic mass is 16.2. The van der Waals surface area contributed by atoms with Gasteiger partial charge in [-0.15, -0.1) is 6.42 Å². The van der Waals surface area contributed by atoms with Gasteiger partial charge in [0, 0.05) is 42.4 Å². The highest BCUT2D eigenvalue weighted by Crippen LogP contribution is 2.31. The molecule has 0 spiro atoms. The Balaban J connectivity index is 1.60. The van der Waals surface area contributed by atoms with Crippen LogP contribution in [-0.2, 0) is 9.59 Å². The fraction of sp³-hybridized carbons (Fsp3) is 0.261. The van der Waals surface area contributed by atoms with Crippen LogP contribution in [0.4, 0.5) is 11.4 Å². The molecule has 0 saturated carbocycles. The lowest BCUT2D eigenvalue weighted by atomic mass is 9.90. The molecule has 4 N–H and O–H groups in total. The van der Waals surface area contributed by atoms with Crippen LogP contribution in [-0.4, -0.2) is 37.4 Å². The van der Waals surface area contributed by atoms with Gasteiger partial charge in [-0.1, -0.05) is 30.2 Å². The summed E-state index contributed by atoms with van der Waals surface area (Å²) >= 11 is 0. The molecule has 0 saturated heterocycles. The molecule has 1 aliphatic rings. The van der Waals surface area contributed by atoms with Crippen molar-refractivity contribution in [1.29, 1.82) is 0 Å². The van der Waals surface area contributed by atoms with Gasteiger partial charge in [-0.05, 0) is 36.8 Å². The number of terminal acetylenes is 1. The lowest BCUT2D eigenvalue weighted by Gasteiger charge is -2.26. The minimum Gasteiger partial charge on any atom is -0.357 e. The van der Waals surface area contributed by atoms with Crippen molar-refractivity contribution in [2.45, 2.75) is 19.3 Å². The molecule has 3 rings (SSSR count). The number of carbonyl (C=O) groups excluding carboxylic acids is 2. The first-order chi connectivity index (χ1) is 14.6. The number of benzene rings is 2. The molecular weight excluding hydrogens is 378 g/mol. The zero-order valence-corrected chi connectivity index (χ0v) is 16.9. The molecule has 154 valence electrons. The van der Waals surface area contributed by atoms with Crippen LogP contribution in [0.15, 0.2) is 53.5 Å². The number of carbonyl (C=O) groups is 2. The molecule has 2 amide bonds. The van der Waals surface area contributed by atoms with Crippen molar-refractivity contribution < 1.29 is 9.59 Å². The van der Waals surface area contributed by atoms with E-state index in [4.69, 9.17) is 6.42 Å². The Hall–Kier alpha value is -3.79. The highest BCUT2D eigenvalue weighted by molar-refractivity contribution is 5.95. The van der Waals surface area contributed by atoms with E-state index in [9.17, 15) is 9.59 Å². The van der Waals surface area contributed by atoms with Crippen molar-refractivity contribution in [3.63, 3.8) is 0 Å². The second-order valence-corrected chi connectivity index (χ2v) is 6.89. The van der Waals surface area contributed by atoms with Crippen molar-refractivity contribution >= 4 is 29.1 Å². The molecule has 1 heterocycles. The number of guanidine groups is 1. The number of anilines is 2. The van der Waals surface area contributed by atoms with E-state index in [2.05, 4.69) is 32.2 Å². The molecular formula is C23H25N5O2. The van der Waals surface area contributed by atoms with E-state index in [1.807, 2.05) is 31.2 Å². The van der Waals surface area contributed by atoms with Crippen molar-refractivity contribution in [3.05, 3.63) is 59.7 Å². The van der Waals surface area contributed by atoms with Gasteiger partial charge in [-0.3, -0.25) is 9.59 Å². The Bertz CT molecular complexity index is 993. The number of para-hydroxylation sites is 1. The molecule has 0 aromatic heterocycles. The van der Waals surface area contributed by atoms with E-state index in [1.54, 1.807) is 24.3 Å². The van der Waals surface area contributed by atoms with E-state index in [0.29, 0.717) is 36.7 Å². The van der Waals surface area contributed by atoms with E-state index >= 15 is 0 Å². The third-order valence-corrected chi connectivity index (χ3v) is 4.66. The molecule has 1 unspecified atom stereocenters. The van der Waals surface area contributed by atoms with E-state index in [0.717, 1.165) is 11.3 Å². The Morgan fingerprint density at radius 2 is 2.07 bits per heavy atom. The standard InChI is InChI=1S/C23H25N5O2/c1-3-16-8-7-9-18(12-16)27-22(30)15-26-23(24-4-2)25-14-17-13-21(29)28-20-11-6-5-10-19(17)20/h1,5-12,17H,4,13-15H2,2H3,(H,27,30)(H,28,29)(H2,24,25,26). The Kier molecular flexibility index (Phi) is 7.06. The minimum atomic E-state index is -0.247. The number of rotatable bonds is 6. The van der Waals surface area contributed by atoms with Gasteiger partial charge in [0.25, 0.3) is 0 Å². The second kappa shape index (κ2) is 10.1. The van der Waals surface area contributed by atoms with Crippen LogP contribution >= 0.6 is 0 Å². The average molecular weight is 403 g/mol. The van der Waals surface area contributed by atoms with Gasteiger partial charge in [0.15, 0.2) is 5.96 Å². The van der Waals surface area contributed by atoms with Crippen LogP contribution in [0.5, 0.6) is 0 Å². The number of hydrogen-bond acceptors (Lipinski definition) is 3. The predicted molar refractivity (Wildman–Crippen MR) is 119 cm³/mol. The molecule has 2 aromatic carbocycles. The van der Waals surface area contributed by atoms with Crippen LogP contribution in [0.25, 0.3) is 0 Å². The molecule has 1 aliphatic heterocycles. The van der Waals surface area contributed by atoms with Gasteiger partial charge in [-0.25, -0.2) is 4.99 Å². The first kappa shape index (κ1) is 20.9. The van der Waals surface area contributed by atoms with Gasteiger partial charge < -0.3 is 21.3 Å².